The van der Waals surface area contributed by atoms with Gasteiger partial charge in [-0.2, -0.15) is 12.1 Å². The van der Waals surface area contributed by atoms with E-state index in [1.165, 1.54) is 28.0 Å². The van der Waals surface area contributed by atoms with E-state index in [1.54, 1.807) is 12.1 Å². The fourth-order valence-corrected chi connectivity index (χ4v) is 1.48. The van der Waals surface area contributed by atoms with Gasteiger partial charge in [-0.05, 0) is 12.5 Å². The Morgan fingerprint density at radius 2 is 2.11 bits per heavy atom. The molecular formula is C14H12BrFOZn. The predicted octanol–water partition coefficient (Wildman–Crippen LogP) is 4.36. The van der Waals surface area contributed by atoms with Gasteiger partial charge in [0.05, 0.1) is 0 Å². The molecule has 0 saturated heterocycles. The number of aryl methyl sites for hydroxylation is 1. The SMILES string of the molecule is Cc1cccc(COc2cc[c-]cc2F)c1.[Zn+][Br]. The number of benzene rings is 2. The zero-order valence-corrected chi connectivity index (χ0v) is 14.7. The van der Waals surface area contributed by atoms with Gasteiger partial charge < -0.3 is 4.74 Å². The van der Waals surface area contributed by atoms with Crippen molar-refractivity contribution < 1.29 is 25.5 Å². The molecule has 0 unspecified atom stereocenters. The van der Waals surface area contributed by atoms with Crippen molar-refractivity contribution in [2.45, 2.75) is 13.5 Å². The van der Waals surface area contributed by atoms with Gasteiger partial charge in [-0.3, -0.25) is 4.39 Å². The van der Waals surface area contributed by atoms with E-state index >= 15 is 0 Å². The second-order valence-corrected chi connectivity index (χ2v) is 3.63. The molecule has 0 spiro atoms. The van der Waals surface area contributed by atoms with Crippen molar-refractivity contribution >= 4 is 13.6 Å². The van der Waals surface area contributed by atoms with E-state index in [0.29, 0.717) is 6.61 Å². The predicted molar refractivity (Wildman–Crippen MR) is 69.7 cm³/mol. The summed E-state index contributed by atoms with van der Waals surface area (Å²) in [5.74, 6) is -0.115. The fourth-order valence-electron chi connectivity index (χ4n) is 1.48. The molecule has 0 saturated carbocycles. The van der Waals surface area contributed by atoms with Crippen LogP contribution in [0.5, 0.6) is 5.75 Å². The van der Waals surface area contributed by atoms with Crippen LogP contribution in [0.1, 0.15) is 11.1 Å². The van der Waals surface area contributed by atoms with Gasteiger partial charge in [-0.25, -0.2) is 0 Å². The zero-order valence-electron chi connectivity index (χ0n) is 10.1. The Bertz CT molecular complexity index is 491. The topological polar surface area (TPSA) is 9.23 Å². The first-order valence-corrected chi connectivity index (χ1v) is 12.3. The number of hydrogen-bond acceptors (Lipinski definition) is 1. The summed E-state index contributed by atoms with van der Waals surface area (Å²) >= 11 is 4.25. The normalized spacial score (nSPS) is 9.39. The van der Waals surface area contributed by atoms with Crippen LogP contribution in [0.25, 0.3) is 0 Å². The second kappa shape index (κ2) is 8.39. The third-order valence-corrected chi connectivity index (χ3v) is 2.25. The monoisotopic (exact) mass is 358 g/mol. The minimum absolute atomic E-state index is 0.264. The number of rotatable bonds is 3. The van der Waals surface area contributed by atoms with Crippen LogP contribution < -0.4 is 4.74 Å². The molecule has 2 aromatic rings. The van der Waals surface area contributed by atoms with Gasteiger partial charge >= 0.3 is 30.0 Å². The van der Waals surface area contributed by atoms with Gasteiger partial charge in [0.25, 0.3) is 0 Å². The zero-order chi connectivity index (χ0) is 13.4. The molecule has 90 valence electrons. The molecule has 0 amide bonds. The standard InChI is InChI=1S/C14H12FO.BrH.Zn/c1-11-5-4-6-12(9-11)10-16-14-8-3-2-7-13(14)15;;/h3-9H,10H2,1H3;1H;/q-1;;+2/p-1. The molecule has 0 fully saturated rings. The van der Waals surface area contributed by atoms with Crippen molar-refractivity contribution in [3.8, 4) is 5.75 Å². The summed E-state index contributed by atoms with van der Waals surface area (Å²) in [5, 5.41) is 0. The van der Waals surface area contributed by atoms with Gasteiger partial charge in [-0.1, -0.05) is 29.8 Å². The Labute approximate surface area is 123 Å². The van der Waals surface area contributed by atoms with Gasteiger partial charge in [-0.15, -0.1) is 12.1 Å². The quantitative estimate of drug-likeness (QED) is 0.584. The van der Waals surface area contributed by atoms with Crippen molar-refractivity contribution in [2.75, 3.05) is 0 Å². The van der Waals surface area contributed by atoms with Crippen LogP contribution in [-0.4, -0.2) is 0 Å². The van der Waals surface area contributed by atoms with E-state index in [-0.39, 0.29) is 11.6 Å². The number of hydrogen-bond donors (Lipinski definition) is 0. The number of halogens is 2. The second-order valence-electron chi connectivity index (χ2n) is 3.63. The Balaban J connectivity index is 0.000000771. The third kappa shape index (κ3) is 4.87. The van der Waals surface area contributed by atoms with Crippen molar-refractivity contribution in [3.63, 3.8) is 0 Å². The van der Waals surface area contributed by atoms with Crippen LogP contribution in [-0.2, 0) is 22.9 Å². The molecule has 0 heterocycles. The van der Waals surface area contributed by atoms with E-state index in [9.17, 15) is 4.39 Å². The summed E-state index contributed by atoms with van der Waals surface area (Å²) in [7, 11) is 0. The average Bonchev–Trinajstić information content (AvgIpc) is 2.40. The Kier molecular flexibility index (Phi) is 7.14. The first-order valence-electron chi connectivity index (χ1n) is 5.36. The van der Waals surface area contributed by atoms with Gasteiger partial charge in [0.15, 0.2) is 0 Å². The summed E-state index contributed by atoms with van der Waals surface area (Å²) in [6.45, 7) is 2.39. The van der Waals surface area contributed by atoms with E-state index in [0.717, 1.165) is 5.56 Å². The maximum absolute atomic E-state index is 13.2. The minimum atomic E-state index is -0.379. The van der Waals surface area contributed by atoms with Gasteiger partial charge in [0.2, 0.25) is 0 Å². The van der Waals surface area contributed by atoms with Gasteiger partial charge in [0.1, 0.15) is 6.61 Å². The van der Waals surface area contributed by atoms with Crippen LogP contribution >= 0.6 is 13.6 Å². The molecule has 0 radical (unpaired) electrons. The van der Waals surface area contributed by atoms with E-state index < -0.39 is 0 Å². The molecule has 4 heteroatoms. The fraction of sp³-hybridized carbons (Fsp3) is 0.143. The summed E-state index contributed by atoms with van der Waals surface area (Å²) in [4.78, 5) is 0. The van der Waals surface area contributed by atoms with Crippen LogP contribution in [0.15, 0.2) is 42.5 Å². The molecule has 0 atom stereocenters. The van der Waals surface area contributed by atoms with Crippen LogP contribution in [0.2, 0.25) is 0 Å². The molecule has 0 bridgehead atoms. The molecule has 18 heavy (non-hydrogen) atoms. The van der Waals surface area contributed by atoms with Crippen LogP contribution in [0.4, 0.5) is 4.39 Å². The maximum atomic E-state index is 13.2. The Morgan fingerprint density at radius 3 is 2.78 bits per heavy atom. The average molecular weight is 361 g/mol. The van der Waals surface area contributed by atoms with Gasteiger partial charge in [0, 0.05) is 11.6 Å². The molecular weight excluding hydrogens is 348 g/mol. The van der Waals surface area contributed by atoms with Crippen molar-refractivity contribution in [1.29, 1.82) is 0 Å². The Morgan fingerprint density at radius 1 is 1.33 bits per heavy atom. The third-order valence-electron chi connectivity index (χ3n) is 2.25. The van der Waals surface area contributed by atoms with Crippen LogP contribution in [0.3, 0.4) is 0 Å². The molecule has 0 aliphatic heterocycles. The van der Waals surface area contributed by atoms with E-state index in [1.807, 2.05) is 31.2 Å². The van der Waals surface area contributed by atoms with Crippen molar-refractivity contribution in [1.82, 2.24) is 0 Å². The Hall–Kier alpha value is -0.727. The molecule has 1 nitrogen and oxygen atoms in total. The summed E-state index contributed by atoms with van der Waals surface area (Å²) in [6.07, 6.45) is 0. The van der Waals surface area contributed by atoms with Crippen molar-refractivity contribution in [2.24, 2.45) is 0 Å². The first kappa shape index (κ1) is 15.3. The molecule has 0 aromatic heterocycles. The molecule has 2 rings (SSSR count). The van der Waals surface area contributed by atoms with Crippen LogP contribution in [0, 0.1) is 18.8 Å². The molecule has 0 aliphatic carbocycles. The summed E-state index contributed by atoms with van der Waals surface area (Å²) < 4.78 is 18.6. The summed E-state index contributed by atoms with van der Waals surface area (Å²) in [6, 6.07) is 15.1. The van der Waals surface area contributed by atoms with Crippen molar-refractivity contribution in [3.05, 3.63) is 65.5 Å². The summed E-state index contributed by atoms with van der Waals surface area (Å²) in [5.41, 5.74) is 2.20. The number of ether oxygens (including phenoxy) is 1. The molecule has 2 aromatic carbocycles. The van der Waals surface area contributed by atoms with E-state index in [4.69, 9.17) is 4.74 Å². The molecule has 0 N–H and O–H groups in total. The first-order chi connectivity index (χ1) is 8.75. The molecule has 0 aliphatic rings. The van der Waals surface area contributed by atoms with E-state index in [2.05, 4.69) is 19.7 Å².